The lowest BCUT2D eigenvalue weighted by molar-refractivity contribution is 0.0488. The number of hydrogen-bond donors (Lipinski definition) is 0. The summed E-state index contributed by atoms with van der Waals surface area (Å²) in [6.45, 7) is 9.40. The van der Waals surface area contributed by atoms with Gasteiger partial charge in [-0.2, -0.15) is 0 Å². The molecule has 6 heteroatoms. The van der Waals surface area contributed by atoms with Crippen LogP contribution in [0.4, 0.5) is 0 Å². The zero-order valence-corrected chi connectivity index (χ0v) is 28.8. The first-order valence-corrected chi connectivity index (χ1v) is 18.7. The molecule has 0 aliphatic carbocycles. The first-order chi connectivity index (χ1) is 20.5. The van der Waals surface area contributed by atoms with Crippen LogP contribution in [0.15, 0.2) is 12.1 Å². The molecule has 0 unspecified atom stereocenters. The van der Waals surface area contributed by atoms with Gasteiger partial charge in [-0.1, -0.05) is 129 Å². The standard InChI is InChI=1S/C36H58O4S2/c1-5-7-9-11-13-15-17-19-21-23-25-39-35(37)31-27-33(41-29(31)3)34-28-32(30(4)42-34)36(38)40-26-24-22-20-18-16-14-12-10-8-6-2/h27-28H,5-26H2,1-4H3. The highest BCUT2D eigenvalue weighted by Gasteiger charge is 2.20. The molecule has 0 saturated heterocycles. The minimum absolute atomic E-state index is 0.240. The van der Waals surface area contributed by atoms with Gasteiger partial charge in [-0.25, -0.2) is 9.59 Å². The summed E-state index contributed by atoms with van der Waals surface area (Å²) in [5.74, 6) is -0.481. The van der Waals surface area contributed by atoms with Gasteiger partial charge >= 0.3 is 11.9 Å². The van der Waals surface area contributed by atoms with Crippen LogP contribution in [0.5, 0.6) is 0 Å². The zero-order chi connectivity index (χ0) is 30.4. The minimum Gasteiger partial charge on any atom is -0.462 e. The van der Waals surface area contributed by atoms with E-state index >= 15 is 0 Å². The molecule has 0 bridgehead atoms. The molecule has 0 aliphatic heterocycles. The van der Waals surface area contributed by atoms with Crippen molar-refractivity contribution in [2.75, 3.05) is 13.2 Å². The van der Waals surface area contributed by atoms with E-state index < -0.39 is 0 Å². The van der Waals surface area contributed by atoms with E-state index in [-0.39, 0.29) is 11.9 Å². The molecule has 2 heterocycles. The third-order valence-corrected chi connectivity index (χ3v) is 10.3. The van der Waals surface area contributed by atoms with Crippen molar-refractivity contribution >= 4 is 34.6 Å². The second-order valence-corrected chi connectivity index (χ2v) is 14.3. The third kappa shape index (κ3) is 14.7. The van der Waals surface area contributed by atoms with Crippen LogP contribution >= 0.6 is 22.7 Å². The second kappa shape index (κ2) is 22.8. The largest absolute Gasteiger partial charge is 0.462 e. The highest BCUT2D eigenvalue weighted by molar-refractivity contribution is 7.22. The maximum atomic E-state index is 12.7. The maximum Gasteiger partial charge on any atom is 0.339 e. The van der Waals surface area contributed by atoms with Gasteiger partial charge in [0.05, 0.1) is 24.3 Å². The molecule has 0 aliphatic rings. The molecule has 0 aromatic carbocycles. The van der Waals surface area contributed by atoms with Crippen LogP contribution in [-0.2, 0) is 9.47 Å². The van der Waals surface area contributed by atoms with Crippen LogP contribution in [0.3, 0.4) is 0 Å². The van der Waals surface area contributed by atoms with Gasteiger partial charge in [-0.15, -0.1) is 22.7 Å². The Morgan fingerprint density at radius 2 is 0.786 bits per heavy atom. The van der Waals surface area contributed by atoms with Crippen LogP contribution in [0.25, 0.3) is 9.75 Å². The molecule has 0 saturated carbocycles. The first-order valence-electron chi connectivity index (χ1n) is 17.0. The quantitative estimate of drug-likeness (QED) is 0.0820. The summed E-state index contributed by atoms with van der Waals surface area (Å²) in [6, 6.07) is 3.84. The molecule has 238 valence electrons. The molecule has 2 aromatic rings. The Hall–Kier alpha value is -1.66. The number of carbonyl (C=O) groups excluding carboxylic acids is 2. The number of esters is 2. The molecule has 42 heavy (non-hydrogen) atoms. The van der Waals surface area contributed by atoms with E-state index in [0.717, 1.165) is 45.2 Å². The second-order valence-electron chi connectivity index (χ2n) is 11.8. The fraction of sp³-hybridized carbons (Fsp3) is 0.722. The van der Waals surface area contributed by atoms with Crippen molar-refractivity contribution in [1.29, 1.82) is 0 Å². The average Bonchev–Trinajstić information content (AvgIpc) is 3.57. The number of ether oxygens (including phenoxy) is 2. The summed E-state index contributed by atoms with van der Waals surface area (Å²) < 4.78 is 11.2. The Morgan fingerprint density at radius 3 is 1.10 bits per heavy atom. The number of unbranched alkanes of at least 4 members (excludes halogenated alkanes) is 18. The summed E-state index contributed by atoms with van der Waals surface area (Å²) in [4.78, 5) is 29.4. The fourth-order valence-corrected chi connectivity index (χ4v) is 7.36. The van der Waals surface area contributed by atoms with Gasteiger partial charge in [0, 0.05) is 19.5 Å². The van der Waals surface area contributed by atoms with E-state index in [1.165, 1.54) is 103 Å². The monoisotopic (exact) mass is 618 g/mol. The minimum atomic E-state index is -0.240. The summed E-state index contributed by atoms with van der Waals surface area (Å²) in [6.07, 6.45) is 25.2. The van der Waals surface area contributed by atoms with Crippen LogP contribution in [0.1, 0.15) is 173 Å². The first kappa shape index (κ1) is 36.5. The van der Waals surface area contributed by atoms with Crippen molar-refractivity contribution in [1.82, 2.24) is 0 Å². The van der Waals surface area contributed by atoms with E-state index in [9.17, 15) is 9.59 Å². The van der Waals surface area contributed by atoms with E-state index in [0.29, 0.717) is 24.3 Å². The zero-order valence-electron chi connectivity index (χ0n) is 27.2. The summed E-state index contributed by atoms with van der Waals surface area (Å²) >= 11 is 3.17. The van der Waals surface area contributed by atoms with Crippen LogP contribution in [0.2, 0.25) is 0 Å². The molecular weight excluding hydrogens is 561 g/mol. The Labute approximate surface area is 265 Å². The topological polar surface area (TPSA) is 52.6 Å². The third-order valence-electron chi connectivity index (χ3n) is 7.98. The fourth-order valence-electron chi connectivity index (χ4n) is 5.28. The van der Waals surface area contributed by atoms with Gasteiger partial charge in [0.25, 0.3) is 0 Å². The van der Waals surface area contributed by atoms with Crippen molar-refractivity contribution in [2.24, 2.45) is 0 Å². The maximum absolute atomic E-state index is 12.7. The number of hydrogen-bond acceptors (Lipinski definition) is 6. The predicted molar refractivity (Wildman–Crippen MR) is 181 cm³/mol. The summed E-state index contributed by atoms with van der Waals surface area (Å²) in [5.41, 5.74) is 1.27. The van der Waals surface area contributed by atoms with E-state index in [1.807, 2.05) is 26.0 Å². The molecule has 4 nitrogen and oxygen atoms in total. The van der Waals surface area contributed by atoms with E-state index in [2.05, 4.69) is 13.8 Å². The number of rotatable bonds is 25. The Morgan fingerprint density at radius 1 is 0.500 bits per heavy atom. The number of aryl methyl sites for hydroxylation is 2. The lowest BCUT2D eigenvalue weighted by atomic mass is 10.1. The molecular formula is C36H58O4S2. The summed E-state index contributed by atoms with van der Waals surface area (Å²) in [5, 5.41) is 0. The number of carbonyl (C=O) groups is 2. The average molecular weight is 619 g/mol. The van der Waals surface area contributed by atoms with E-state index in [1.54, 1.807) is 22.7 Å². The highest BCUT2D eigenvalue weighted by Crippen LogP contribution is 2.37. The van der Waals surface area contributed by atoms with Crippen molar-refractivity contribution in [2.45, 2.75) is 156 Å². The van der Waals surface area contributed by atoms with E-state index in [4.69, 9.17) is 9.47 Å². The molecule has 0 atom stereocenters. The Kier molecular flexibility index (Phi) is 19.8. The molecule has 2 rings (SSSR count). The van der Waals surface area contributed by atoms with Crippen molar-refractivity contribution in [3.8, 4) is 9.75 Å². The van der Waals surface area contributed by atoms with Gasteiger partial charge in [-0.05, 0) is 38.8 Å². The molecule has 0 radical (unpaired) electrons. The van der Waals surface area contributed by atoms with Gasteiger partial charge in [0.1, 0.15) is 0 Å². The lowest BCUT2D eigenvalue weighted by Gasteiger charge is -2.05. The van der Waals surface area contributed by atoms with Gasteiger partial charge < -0.3 is 9.47 Å². The van der Waals surface area contributed by atoms with Crippen molar-refractivity contribution < 1.29 is 19.1 Å². The van der Waals surface area contributed by atoms with Crippen LogP contribution < -0.4 is 0 Å². The molecule has 0 spiro atoms. The molecule has 0 fully saturated rings. The van der Waals surface area contributed by atoms with Crippen LogP contribution in [0, 0.1) is 13.8 Å². The van der Waals surface area contributed by atoms with Crippen molar-refractivity contribution in [3.05, 3.63) is 33.0 Å². The Bertz CT molecular complexity index is 926. The molecule has 2 aromatic heterocycles. The normalized spacial score (nSPS) is 11.2. The smallest absolute Gasteiger partial charge is 0.339 e. The SMILES string of the molecule is CCCCCCCCCCCCOC(=O)c1cc(-c2cc(C(=O)OCCCCCCCCCCCC)c(C)s2)sc1C. The Balaban J connectivity index is 1.67. The predicted octanol–water partition coefficient (Wildman–Crippen LogP) is 12.2. The molecule has 0 N–H and O–H groups in total. The van der Waals surface area contributed by atoms with Gasteiger partial charge in [0.15, 0.2) is 0 Å². The van der Waals surface area contributed by atoms with Crippen LogP contribution in [-0.4, -0.2) is 25.2 Å². The lowest BCUT2D eigenvalue weighted by Crippen LogP contribution is -2.06. The molecule has 0 amide bonds. The highest BCUT2D eigenvalue weighted by atomic mass is 32.1. The summed E-state index contributed by atoms with van der Waals surface area (Å²) in [7, 11) is 0. The van der Waals surface area contributed by atoms with Crippen molar-refractivity contribution in [3.63, 3.8) is 0 Å². The number of thiophene rings is 2. The van der Waals surface area contributed by atoms with Gasteiger partial charge in [-0.3, -0.25) is 0 Å². The van der Waals surface area contributed by atoms with Gasteiger partial charge in [0.2, 0.25) is 0 Å².